The molecule has 3 aromatic rings. The zero-order valence-electron chi connectivity index (χ0n) is 10.8. The fourth-order valence-electron chi connectivity index (χ4n) is 2.07. The Balaban J connectivity index is 2.31. The lowest BCUT2D eigenvalue weighted by Crippen LogP contribution is -2.14. The van der Waals surface area contributed by atoms with Gasteiger partial charge in [0, 0.05) is 6.07 Å². The van der Waals surface area contributed by atoms with E-state index in [0.29, 0.717) is 23.0 Å². The minimum atomic E-state index is -0.306. The number of nitrogens with zero attached hydrogens (tertiary/aromatic N) is 5. The van der Waals surface area contributed by atoms with Crippen molar-refractivity contribution in [2.45, 2.75) is 20.8 Å². The van der Waals surface area contributed by atoms with Crippen LogP contribution in [-0.4, -0.2) is 29.4 Å². The minimum Gasteiger partial charge on any atom is -0.396 e. The van der Waals surface area contributed by atoms with Gasteiger partial charge in [0.1, 0.15) is 5.82 Å². The maximum Gasteiger partial charge on any atom is 0.349 e. The molecule has 8 heteroatoms. The molecule has 0 saturated carbocycles. The topological polar surface area (TPSA) is 107 Å². The van der Waals surface area contributed by atoms with Gasteiger partial charge in [-0.25, -0.2) is 24.0 Å². The van der Waals surface area contributed by atoms with Crippen LogP contribution in [0.1, 0.15) is 17.2 Å². The standard InChI is InChI=1S/C11H13N7O/c1-5-10(12)6(2)18(16-5)8-4-9-14-15-11(19)17(9)7(3)13-8/h4H,12H2,1-3H3,(H,15,19). The third-order valence-electron chi connectivity index (χ3n) is 3.12. The van der Waals surface area contributed by atoms with Crippen molar-refractivity contribution in [2.24, 2.45) is 0 Å². The molecule has 0 aliphatic rings. The zero-order chi connectivity index (χ0) is 13.7. The van der Waals surface area contributed by atoms with Gasteiger partial charge in [-0.15, -0.1) is 0 Å². The van der Waals surface area contributed by atoms with Crippen molar-refractivity contribution in [1.29, 1.82) is 0 Å². The van der Waals surface area contributed by atoms with Crippen LogP contribution in [-0.2, 0) is 0 Å². The molecular formula is C11H13N7O. The number of aryl methyl sites for hydroxylation is 2. The highest BCUT2D eigenvalue weighted by molar-refractivity contribution is 5.51. The van der Waals surface area contributed by atoms with Crippen molar-refractivity contribution in [2.75, 3.05) is 5.73 Å². The molecule has 0 bridgehead atoms. The van der Waals surface area contributed by atoms with Gasteiger partial charge < -0.3 is 5.73 Å². The molecule has 0 unspecified atom stereocenters. The lowest BCUT2D eigenvalue weighted by Gasteiger charge is -2.05. The van der Waals surface area contributed by atoms with Crippen LogP contribution in [0.2, 0.25) is 0 Å². The Morgan fingerprint density at radius 3 is 2.68 bits per heavy atom. The number of nitrogen functional groups attached to an aromatic ring is 1. The van der Waals surface area contributed by atoms with Crippen molar-refractivity contribution in [1.82, 2.24) is 29.4 Å². The van der Waals surface area contributed by atoms with Gasteiger partial charge in [-0.3, -0.25) is 0 Å². The van der Waals surface area contributed by atoms with Gasteiger partial charge in [0.2, 0.25) is 0 Å². The first kappa shape index (κ1) is 11.5. The van der Waals surface area contributed by atoms with Crippen LogP contribution in [0.25, 0.3) is 11.5 Å². The summed E-state index contributed by atoms with van der Waals surface area (Å²) in [7, 11) is 0. The zero-order valence-corrected chi connectivity index (χ0v) is 10.8. The molecular weight excluding hydrogens is 246 g/mol. The van der Waals surface area contributed by atoms with Crippen LogP contribution in [0.3, 0.4) is 0 Å². The Morgan fingerprint density at radius 1 is 1.32 bits per heavy atom. The first-order valence-corrected chi connectivity index (χ1v) is 5.76. The third-order valence-corrected chi connectivity index (χ3v) is 3.12. The van der Waals surface area contributed by atoms with Gasteiger partial charge in [-0.1, -0.05) is 0 Å². The monoisotopic (exact) mass is 259 g/mol. The van der Waals surface area contributed by atoms with Gasteiger partial charge in [0.15, 0.2) is 11.5 Å². The molecule has 3 rings (SSSR count). The summed E-state index contributed by atoms with van der Waals surface area (Å²) in [4.78, 5) is 15.9. The first-order valence-electron chi connectivity index (χ1n) is 5.76. The van der Waals surface area contributed by atoms with E-state index in [1.807, 2.05) is 13.8 Å². The number of nitrogens with two attached hydrogens (primary N) is 1. The van der Waals surface area contributed by atoms with E-state index in [4.69, 9.17) is 5.73 Å². The maximum atomic E-state index is 11.5. The van der Waals surface area contributed by atoms with Crippen molar-refractivity contribution < 1.29 is 0 Å². The van der Waals surface area contributed by atoms with Crippen LogP contribution in [0.5, 0.6) is 0 Å². The van der Waals surface area contributed by atoms with E-state index >= 15 is 0 Å². The molecule has 0 aliphatic heterocycles. The Bertz CT molecular complexity index is 839. The number of anilines is 1. The molecule has 0 radical (unpaired) electrons. The Labute approximate surface area is 107 Å². The maximum absolute atomic E-state index is 11.5. The van der Waals surface area contributed by atoms with Gasteiger partial charge >= 0.3 is 5.69 Å². The predicted octanol–water partition coefficient (Wildman–Crippen LogP) is 0.111. The summed E-state index contributed by atoms with van der Waals surface area (Å²) in [6.07, 6.45) is 0. The summed E-state index contributed by atoms with van der Waals surface area (Å²) >= 11 is 0. The number of nitrogens with one attached hydrogen (secondary N) is 1. The highest BCUT2D eigenvalue weighted by Gasteiger charge is 2.13. The van der Waals surface area contributed by atoms with Gasteiger partial charge in [0.05, 0.1) is 17.1 Å². The first-order chi connectivity index (χ1) is 8.99. The Kier molecular flexibility index (Phi) is 2.21. The second-order valence-corrected chi connectivity index (χ2v) is 4.38. The molecule has 3 aromatic heterocycles. The number of hydrogen-bond acceptors (Lipinski definition) is 5. The average molecular weight is 259 g/mol. The number of fused-ring (bicyclic) bond motifs is 1. The van der Waals surface area contributed by atoms with E-state index in [0.717, 1.165) is 11.4 Å². The van der Waals surface area contributed by atoms with Crippen LogP contribution < -0.4 is 11.4 Å². The van der Waals surface area contributed by atoms with Crippen molar-refractivity contribution in [3.05, 3.63) is 33.8 Å². The molecule has 0 amide bonds. The van der Waals surface area contributed by atoms with E-state index in [1.54, 1.807) is 17.7 Å². The summed E-state index contributed by atoms with van der Waals surface area (Å²) in [6.45, 7) is 5.44. The number of hydrogen-bond donors (Lipinski definition) is 2. The van der Waals surface area contributed by atoms with Gasteiger partial charge in [-0.05, 0) is 20.8 Å². The molecule has 8 nitrogen and oxygen atoms in total. The molecule has 19 heavy (non-hydrogen) atoms. The smallest absolute Gasteiger partial charge is 0.349 e. The largest absolute Gasteiger partial charge is 0.396 e. The molecule has 98 valence electrons. The molecule has 0 fully saturated rings. The van der Waals surface area contributed by atoms with Crippen LogP contribution >= 0.6 is 0 Å². The number of aromatic amines is 1. The molecule has 0 spiro atoms. The van der Waals surface area contributed by atoms with Gasteiger partial charge in [0.25, 0.3) is 0 Å². The Morgan fingerprint density at radius 2 is 2.05 bits per heavy atom. The molecule has 3 N–H and O–H groups in total. The second kappa shape index (κ2) is 3.67. The van der Waals surface area contributed by atoms with E-state index in [2.05, 4.69) is 20.3 Å². The average Bonchev–Trinajstić information content (AvgIpc) is 2.86. The number of aromatic nitrogens is 6. The molecule has 0 saturated heterocycles. The number of rotatable bonds is 1. The van der Waals surface area contributed by atoms with Crippen molar-refractivity contribution in [3.8, 4) is 5.82 Å². The summed E-state index contributed by atoms with van der Waals surface area (Å²) in [5.74, 6) is 1.12. The second-order valence-electron chi connectivity index (χ2n) is 4.38. The molecule has 0 atom stereocenters. The van der Waals surface area contributed by atoms with E-state index in [1.165, 1.54) is 4.40 Å². The lowest BCUT2D eigenvalue weighted by molar-refractivity contribution is 0.787. The third kappa shape index (κ3) is 1.53. The normalized spacial score (nSPS) is 11.3. The summed E-state index contributed by atoms with van der Waals surface area (Å²) in [5, 5.41) is 10.7. The van der Waals surface area contributed by atoms with Crippen LogP contribution in [0, 0.1) is 20.8 Å². The quantitative estimate of drug-likeness (QED) is 0.645. The van der Waals surface area contributed by atoms with Crippen molar-refractivity contribution in [3.63, 3.8) is 0 Å². The van der Waals surface area contributed by atoms with E-state index in [-0.39, 0.29) is 5.69 Å². The predicted molar refractivity (Wildman–Crippen MR) is 69.4 cm³/mol. The molecule has 0 aliphatic carbocycles. The Hall–Kier alpha value is -2.64. The minimum absolute atomic E-state index is 0.306. The van der Waals surface area contributed by atoms with Gasteiger partial charge in [-0.2, -0.15) is 10.2 Å². The molecule has 3 heterocycles. The summed E-state index contributed by atoms with van der Waals surface area (Å²) < 4.78 is 3.05. The fraction of sp³-hybridized carbons (Fsp3) is 0.273. The summed E-state index contributed by atoms with van der Waals surface area (Å²) in [6, 6.07) is 1.68. The van der Waals surface area contributed by atoms with E-state index < -0.39 is 0 Å². The summed E-state index contributed by atoms with van der Waals surface area (Å²) in [5.41, 5.74) is 8.30. The van der Waals surface area contributed by atoms with Crippen molar-refractivity contribution >= 4 is 11.3 Å². The fourth-order valence-corrected chi connectivity index (χ4v) is 2.07. The highest BCUT2D eigenvalue weighted by atomic mass is 16.1. The SMILES string of the molecule is Cc1nn(-c2cc3n[nH]c(=O)n3c(C)n2)c(C)c1N. The number of H-pyrrole nitrogens is 1. The van der Waals surface area contributed by atoms with Crippen LogP contribution in [0.4, 0.5) is 5.69 Å². The molecule has 0 aromatic carbocycles. The highest BCUT2D eigenvalue weighted by Crippen LogP contribution is 2.18. The van der Waals surface area contributed by atoms with E-state index in [9.17, 15) is 4.79 Å². The lowest BCUT2D eigenvalue weighted by atomic mass is 10.3. The van der Waals surface area contributed by atoms with Crippen LogP contribution in [0.15, 0.2) is 10.9 Å².